The van der Waals surface area contributed by atoms with Crippen molar-refractivity contribution in [1.29, 1.82) is 0 Å². The molecule has 0 aromatic carbocycles. The molecule has 13 heavy (non-hydrogen) atoms. The molecule has 1 aliphatic rings. The lowest BCUT2D eigenvalue weighted by atomic mass is 9.91. The molecule has 1 aliphatic heterocycles. The summed E-state index contributed by atoms with van der Waals surface area (Å²) in [6, 6.07) is 0.722. The van der Waals surface area contributed by atoms with E-state index in [1.54, 1.807) is 0 Å². The quantitative estimate of drug-likeness (QED) is 0.719. The average Bonchev–Trinajstić information content (AvgIpc) is 2.16. The molecule has 3 nitrogen and oxygen atoms in total. The SMILES string of the molecule is CCC1CN(NC)CCC1NC.Cl. The third-order valence-corrected chi connectivity index (χ3v) is 2.95. The highest BCUT2D eigenvalue weighted by molar-refractivity contribution is 5.85. The van der Waals surface area contributed by atoms with Gasteiger partial charge in [0.25, 0.3) is 0 Å². The molecule has 1 heterocycles. The Morgan fingerprint density at radius 1 is 1.38 bits per heavy atom. The van der Waals surface area contributed by atoms with Gasteiger partial charge in [-0.2, -0.15) is 0 Å². The first kappa shape index (κ1) is 13.2. The van der Waals surface area contributed by atoms with Crippen LogP contribution in [-0.2, 0) is 0 Å². The van der Waals surface area contributed by atoms with Crippen molar-refractivity contribution in [3.8, 4) is 0 Å². The lowest BCUT2D eigenvalue weighted by Gasteiger charge is -2.37. The Hall–Kier alpha value is 0.170. The van der Waals surface area contributed by atoms with Gasteiger partial charge in [-0.25, -0.2) is 5.01 Å². The summed E-state index contributed by atoms with van der Waals surface area (Å²) < 4.78 is 0. The first-order chi connectivity index (χ1) is 5.81. The zero-order chi connectivity index (χ0) is 8.97. The van der Waals surface area contributed by atoms with Crippen LogP contribution in [0.15, 0.2) is 0 Å². The van der Waals surface area contributed by atoms with Crippen molar-refractivity contribution in [3.63, 3.8) is 0 Å². The van der Waals surface area contributed by atoms with E-state index in [-0.39, 0.29) is 12.4 Å². The highest BCUT2D eigenvalue weighted by atomic mass is 35.5. The van der Waals surface area contributed by atoms with Gasteiger partial charge >= 0.3 is 0 Å². The summed E-state index contributed by atoms with van der Waals surface area (Å²) >= 11 is 0. The molecular weight excluding hydrogens is 186 g/mol. The van der Waals surface area contributed by atoms with Crippen LogP contribution in [0.1, 0.15) is 19.8 Å². The number of halogens is 1. The van der Waals surface area contributed by atoms with E-state index in [9.17, 15) is 0 Å². The third kappa shape index (κ3) is 3.43. The summed E-state index contributed by atoms with van der Waals surface area (Å²) in [7, 11) is 4.08. The summed E-state index contributed by atoms with van der Waals surface area (Å²) in [4.78, 5) is 0. The normalized spacial score (nSPS) is 29.8. The van der Waals surface area contributed by atoms with Gasteiger partial charge in [0.15, 0.2) is 0 Å². The zero-order valence-electron chi connectivity index (χ0n) is 8.84. The van der Waals surface area contributed by atoms with E-state index >= 15 is 0 Å². The van der Waals surface area contributed by atoms with Gasteiger partial charge in [-0.05, 0) is 26.4 Å². The highest BCUT2D eigenvalue weighted by Crippen LogP contribution is 2.18. The lowest BCUT2D eigenvalue weighted by Crippen LogP contribution is -2.51. The number of hydrazine groups is 1. The molecule has 0 saturated carbocycles. The second-order valence-corrected chi connectivity index (χ2v) is 3.52. The number of piperidine rings is 1. The second kappa shape index (κ2) is 6.60. The number of nitrogens with zero attached hydrogens (tertiary/aromatic N) is 1. The molecule has 0 bridgehead atoms. The van der Waals surface area contributed by atoms with Crippen molar-refractivity contribution in [1.82, 2.24) is 15.8 Å². The molecule has 0 spiro atoms. The molecule has 0 aliphatic carbocycles. The standard InChI is InChI=1S/C9H21N3.ClH/c1-4-8-7-12(11-3)6-5-9(8)10-2;/h8-11H,4-7H2,1-3H3;1H. The lowest BCUT2D eigenvalue weighted by molar-refractivity contribution is 0.100. The molecule has 2 N–H and O–H groups in total. The van der Waals surface area contributed by atoms with Gasteiger partial charge in [-0.1, -0.05) is 13.3 Å². The molecule has 1 fully saturated rings. The predicted octanol–water partition coefficient (Wildman–Crippen LogP) is 0.862. The zero-order valence-corrected chi connectivity index (χ0v) is 9.66. The Morgan fingerprint density at radius 2 is 2.08 bits per heavy atom. The molecule has 2 unspecified atom stereocenters. The largest absolute Gasteiger partial charge is 0.317 e. The van der Waals surface area contributed by atoms with Crippen LogP contribution in [0, 0.1) is 5.92 Å². The Bertz CT molecular complexity index is 132. The van der Waals surface area contributed by atoms with Crippen LogP contribution in [0.2, 0.25) is 0 Å². The highest BCUT2D eigenvalue weighted by Gasteiger charge is 2.25. The number of nitrogens with one attached hydrogen (secondary N) is 2. The third-order valence-electron chi connectivity index (χ3n) is 2.95. The second-order valence-electron chi connectivity index (χ2n) is 3.52. The number of hydrogen-bond donors (Lipinski definition) is 2. The van der Waals surface area contributed by atoms with Gasteiger partial charge in [-0.15, -0.1) is 12.4 Å². The molecule has 0 aromatic rings. The van der Waals surface area contributed by atoms with E-state index in [1.807, 2.05) is 7.05 Å². The Labute approximate surface area is 87.6 Å². The van der Waals surface area contributed by atoms with E-state index < -0.39 is 0 Å². The van der Waals surface area contributed by atoms with Crippen molar-refractivity contribution < 1.29 is 0 Å². The minimum atomic E-state index is 0. The predicted molar refractivity (Wildman–Crippen MR) is 59.1 cm³/mol. The van der Waals surface area contributed by atoms with Crippen LogP contribution in [-0.4, -0.2) is 38.2 Å². The van der Waals surface area contributed by atoms with Crippen molar-refractivity contribution >= 4 is 12.4 Å². The van der Waals surface area contributed by atoms with Gasteiger partial charge < -0.3 is 5.32 Å². The van der Waals surface area contributed by atoms with Crippen LogP contribution in [0.3, 0.4) is 0 Å². The number of hydrogen-bond acceptors (Lipinski definition) is 3. The molecule has 1 saturated heterocycles. The molecule has 0 radical (unpaired) electrons. The van der Waals surface area contributed by atoms with Gasteiger partial charge in [0, 0.05) is 19.1 Å². The molecular formula is C9H22ClN3. The summed E-state index contributed by atoms with van der Waals surface area (Å²) in [5, 5.41) is 5.70. The molecule has 80 valence electrons. The average molecular weight is 208 g/mol. The fourth-order valence-corrected chi connectivity index (χ4v) is 2.03. The molecule has 1 rings (SSSR count). The first-order valence-corrected chi connectivity index (χ1v) is 4.91. The fraction of sp³-hybridized carbons (Fsp3) is 1.00. The number of rotatable bonds is 3. The maximum absolute atomic E-state index is 3.40. The van der Waals surface area contributed by atoms with Gasteiger partial charge in [0.1, 0.15) is 0 Å². The van der Waals surface area contributed by atoms with Crippen molar-refractivity contribution in [3.05, 3.63) is 0 Å². The molecule has 2 atom stereocenters. The van der Waals surface area contributed by atoms with E-state index in [0.29, 0.717) is 0 Å². The summed E-state index contributed by atoms with van der Waals surface area (Å²) in [6.07, 6.45) is 2.53. The van der Waals surface area contributed by atoms with Crippen LogP contribution in [0.25, 0.3) is 0 Å². The molecule has 0 aromatic heterocycles. The van der Waals surface area contributed by atoms with Crippen molar-refractivity contribution in [2.75, 3.05) is 27.2 Å². The topological polar surface area (TPSA) is 27.3 Å². The first-order valence-electron chi connectivity index (χ1n) is 4.91. The Kier molecular flexibility index (Phi) is 6.68. The fourth-order valence-electron chi connectivity index (χ4n) is 2.03. The van der Waals surface area contributed by atoms with Gasteiger partial charge in [0.2, 0.25) is 0 Å². The van der Waals surface area contributed by atoms with Crippen LogP contribution < -0.4 is 10.7 Å². The van der Waals surface area contributed by atoms with Crippen LogP contribution >= 0.6 is 12.4 Å². The van der Waals surface area contributed by atoms with E-state index in [0.717, 1.165) is 12.0 Å². The summed E-state index contributed by atoms with van der Waals surface area (Å²) in [5.41, 5.74) is 3.22. The Morgan fingerprint density at radius 3 is 2.54 bits per heavy atom. The van der Waals surface area contributed by atoms with Gasteiger partial charge in [0.05, 0.1) is 0 Å². The van der Waals surface area contributed by atoms with E-state index in [2.05, 4.69) is 29.7 Å². The van der Waals surface area contributed by atoms with Crippen molar-refractivity contribution in [2.24, 2.45) is 5.92 Å². The minimum Gasteiger partial charge on any atom is -0.317 e. The maximum atomic E-state index is 3.40. The van der Waals surface area contributed by atoms with Crippen LogP contribution in [0.4, 0.5) is 0 Å². The summed E-state index contributed by atoms with van der Waals surface area (Å²) in [5.74, 6) is 0.802. The smallest absolute Gasteiger partial charge is 0.0174 e. The minimum absolute atomic E-state index is 0. The summed E-state index contributed by atoms with van der Waals surface area (Å²) in [6.45, 7) is 4.62. The molecule has 0 amide bonds. The van der Waals surface area contributed by atoms with E-state index in [4.69, 9.17) is 0 Å². The Balaban J connectivity index is 0.00000144. The monoisotopic (exact) mass is 207 g/mol. The van der Waals surface area contributed by atoms with Gasteiger partial charge in [-0.3, -0.25) is 5.43 Å². The van der Waals surface area contributed by atoms with E-state index in [1.165, 1.54) is 25.9 Å². The van der Waals surface area contributed by atoms with Crippen LogP contribution in [0.5, 0.6) is 0 Å². The maximum Gasteiger partial charge on any atom is 0.0174 e. The van der Waals surface area contributed by atoms with Crippen molar-refractivity contribution in [2.45, 2.75) is 25.8 Å². The molecule has 4 heteroatoms.